The smallest absolute Gasteiger partial charge is 0.306 e. The highest BCUT2D eigenvalue weighted by atomic mass is 16.6. The first-order chi connectivity index (χ1) is 36.5. The first-order valence-electron chi connectivity index (χ1n) is 31.9. The fraction of sp³-hybridized carbons (Fsp3) is 0.779. The zero-order chi connectivity index (χ0) is 53.6. The number of allylic oxidation sites excluding steroid dienone is 12. The summed E-state index contributed by atoms with van der Waals surface area (Å²) in [5.41, 5.74) is 0. The highest BCUT2D eigenvalue weighted by Crippen LogP contribution is 2.17. The second-order valence-corrected chi connectivity index (χ2v) is 21.3. The molecule has 0 aromatic heterocycles. The van der Waals surface area contributed by atoms with Crippen LogP contribution in [0, 0.1) is 0 Å². The van der Waals surface area contributed by atoms with Crippen molar-refractivity contribution in [2.45, 2.75) is 329 Å². The fourth-order valence-electron chi connectivity index (χ4n) is 9.17. The lowest BCUT2D eigenvalue weighted by Gasteiger charge is -2.18. The SMILES string of the molecule is CC/C=C\C/C=C\C/C=C\C/C=C\C/C=C\CCCCCCCCCC(=O)OCC(COC(=O)CCCCCCCCCCCC)OC(=O)CCCCCCCCCCCCC/C=C\CCCCCCCCCC. The lowest BCUT2D eigenvalue weighted by atomic mass is 10.0. The maximum absolute atomic E-state index is 12.9. The van der Waals surface area contributed by atoms with E-state index in [4.69, 9.17) is 14.2 Å². The maximum atomic E-state index is 12.9. The number of carbonyl (C=O) groups excluding carboxylic acids is 3. The van der Waals surface area contributed by atoms with Crippen molar-refractivity contribution in [1.82, 2.24) is 0 Å². The Bertz CT molecular complexity index is 1370. The predicted octanol–water partition coefficient (Wildman–Crippen LogP) is 21.7. The Balaban J connectivity index is 4.26. The molecule has 1 atom stereocenters. The number of ether oxygens (including phenoxy) is 3. The second-order valence-electron chi connectivity index (χ2n) is 21.3. The van der Waals surface area contributed by atoms with Crippen LogP contribution in [0.25, 0.3) is 0 Å². The molecule has 0 fully saturated rings. The monoisotopic (exact) mass is 1030 g/mol. The first kappa shape index (κ1) is 70.8. The molecule has 6 nitrogen and oxygen atoms in total. The van der Waals surface area contributed by atoms with Crippen molar-refractivity contribution in [2.75, 3.05) is 13.2 Å². The highest BCUT2D eigenvalue weighted by Gasteiger charge is 2.19. The van der Waals surface area contributed by atoms with Gasteiger partial charge >= 0.3 is 17.9 Å². The summed E-state index contributed by atoms with van der Waals surface area (Å²) >= 11 is 0. The molecule has 0 aromatic rings. The number of rotatable bonds is 58. The van der Waals surface area contributed by atoms with Crippen molar-refractivity contribution in [1.29, 1.82) is 0 Å². The van der Waals surface area contributed by atoms with Crippen LogP contribution in [0.4, 0.5) is 0 Å². The molecule has 0 aliphatic carbocycles. The quantitative estimate of drug-likeness (QED) is 0.0261. The Hall–Kier alpha value is -3.15. The van der Waals surface area contributed by atoms with Crippen LogP contribution >= 0.6 is 0 Å². The summed E-state index contributed by atoms with van der Waals surface area (Å²) in [5.74, 6) is -0.876. The Labute approximate surface area is 459 Å². The van der Waals surface area contributed by atoms with Gasteiger partial charge in [0.1, 0.15) is 13.2 Å². The van der Waals surface area contributed by atoms with Crippen LogP contribution < -0.4 is 0 Å². The molecule has 0 aliphatic rings. The lowest BCUT2D eigenvalue weighted by Crippen LogP contribution is -2.30. The number of hydrogen-bond donors (Lipinski definition) is 0. The Morgan fingerprint density at radius 1 is 0.284 bits per heavy atom. The average molecular weight is 1030 g/mol. The third-order valence-corrected chi connectivity index (χ3v) is 13.9. The third-order valence-electron chi connectivity index (χ3n) is 13.9. The molecule has 0 amide bonds. The summed E-state index contributed by atoms with van der Waals surface area (Å²) in [6.45, 7) is 6.54. The van der Waals surface area contributed by atoms with E-state index in [1.54, 1.807) is 0 Å². The lowest BCUT2D eigenvalue weighted by molar-refractivity contribution is -0.167. The van der Waals surface area contributed by atoms with Gasteiger partial charge in [0.2, 0.25) is 0 Å². The van der Waals surface area contributed by atoms with Gasteiger partial charge in [-0.15, -0.1) is 0 Å². The average Bonchev–Trinajstić information content (AvgIpc) is 3.40. The van der Waals surface area contributed by atoms with Gasteiger partial charge in [-0.25, -0.2) is 0 Å². The Kier molecular flexibility index (Phi) is 59.7. The number of carbonyl (C=O) groups is 3. The van der Waals surface area contributed by atoms with E-state index < -0.39 is 6.10 Å². The Morgan fingerprint density at radius 2 is 0.527 bits per heavy atom. The minimum absolute atomic E-state index is 0.0762. The molecule has 428 valence electrons. The van der Waals surface area contributed by atoms with Crippen LogP contribution in [0.1, 0.15) is 323 Å². The topological polar surface area (TPSA) is 78.9 Å². The molecule has 0 saturated carbocycles. The number of unbranched alkanes of at least 4 members (excludes halogenated alkanes) is 35. The molecule has 0 N–H and O–H groups in total. The van der Waals surface area contributed by atoms with Crippen LogP contribution in [-0.4, -0.2) is 37.2 Å². The third kappa shape index (κ3) is 59.7. The van der Waals surface area contributed by atoms with Gasteiger partial charge < -0.3 is 14.2 Å². The van der Waals surface area contributed by atoms with Gasteiger partial charge in [0.25, 0.3) is 0 Å². The van der Waals surface area contributed by atoms with Crippen molar-refractivity contribution in [2.24, 2.45) is 0 Å². The van der Waals surface area contributed by atoms with Crippen LogP contribution in [0.3, 0.4) is 0 Å². The van der Waals surface area contributed by atoms with Crippen LogP contribution in [0.15, 0.2) is 72.9 Å². The van der Waals surface area contributed by atoms with Gasteiger partial charge in [-0.1, -0.05) is 286 Å². The van der Waals surface area contributed by atoms with Gasteiger partial charge in [-0.3, -0.25) is 14.4 Å². The summed E-state index contributed by atoms with van der Waals surface area (Å²) in [6, 6.07) is 0. The summed E-state index contributed by atoms with van der Waals surface area (Å²) in [5, 5.41) is 0. The Morgan fingerprint density at radius 3 is 0.838 bits per heavy atom. The van der Waals surface area contributed by atoms with Gasteiger partial charge in [0, 0.05) is 19.3 Å². The minimum Gasteiger partial charge on any atom is -0.462 e. The van der Waals surface area contributed by atoms with Crippen molar-refractivity contribution in [3.63, 3.8) is 0 Å². The molecule has 74 heavy (non-hydrogen) atoms. The van der Waals surface area contributed by atoms with Gasteiger partial charge in [0.15, 0.2) is 6.10 Å². The summed E-state index contributed by atoms with van der Waals surface area (Å²) in [6.07, 6.45) is 80.5. The van der Waals surface area contributed by atoms with Crippen LogP contribution in [0.2, 0.25) is 0 Å². The van der Waals surface area contributed by atoms with Crippen molar-refractivity contribution in [3.8, 4) is 0 Å². The molecule has 0 bridgehead atoms. The molecule has 0 heterocycles. The molecule has 0 aliphatic heterocycles. The normalized spacial score (nSPS) is 12.5. The van der Waals surface area contributed by atoms with E-state index in [2.05, 4.69) is 93.7 Å². The van der Waals surface area contributed by atoms with E-state index in [1.165, 1.54) is 186 Å². The van der Waals surface area contributed by atoms with Crippen LogP contribution in [0.5, 0.6) is 0 Å². The second kappa shape index (κ2) is 62.4. The zero-order valence-corrected chi connectivity index (χ0v) is 49.1. The number of esters is 3. The van der Waals surface area contributed by atoms with E-state index in [1.807, 2.05) is 0 Å². The highest BCUT2D eigenvalue weighted by molar-refractivity contribution is 5.71. The van der Waals surface area contributed by atoms with Crippen molar-refractivity contribution in [3.05, 3.63) is 72.9 Å². The predicted molar refractivity (Wildman–Crippen MR) is 321 cm³/mol. The maximum Gasteiger partial charge on any atom is 0.306 e. The van der Waals surface area contributed by atoms with Gasteiger partial charge in [-0.05, 0) is 89.9 Å². The molecule has 6 heteroatoms. The minimum atomic E-state index is -0.779. The van der Waals surface area contributed by atoms with Crippen LogP contribution in [-0.2, 0) is 28.6 Å². The van der Waals surface area contributed by atoms with Crippen molar-refractivity contribution < 1.29 is 28.6 Å². The summed E-state index contributed by atoms with van der Waals surface area (Å²) < 4.78 is 16.9. The molecule has 0 rings (SSSR count). The number of hydrogen-bond acceptors (Lipinski definition) is 6. The molecule has 0 radical (unpaired) electrons. The summed E-state index contributed by atoms with van der Waals surface area (Å²) in [7, 11) is 0. The van der Waals surface area contributed by atoms with Gasteiger partial charge in [-0.2, -0.15) is 0 Å². The molecule has 0 saturated heterocycles. The molecule has 0 spiro atoms. The van der Waals surface area contributed by atoms with Gasteiger partial charge in [0.05, 0.1) is 0 Å². The van der Waals surface area contributed by atoms with E-state index in [9.17, 15) is 14.4 Å². The van der Waals surface area contributed by atoms with E-state index >= 15 is 0 Å². The standard InChI is InChI=1S/C68H120O6/c1-4-7-10-13-16-19-22-24-26-28-30-32-34-36-38-40-42-44-46-49-52-55-58-61-67(70)73-64-65(63-72-66(69)60-57-54-51-48-21-18-15-12-9-6-3)74-68(71)62-59-56-53-50-47-45-43-41-39-37-35-33-31-29-27-25-23-20-17-14-11-8-5-2/h7,10,16,19,24,26,29-32,36,38,65H,4-6,8-9,11-15,17-18,20-23,25,27-28,33-35,37,39-64H2,1-3H3/b10-7-,19-16-,26-24-,31-29-,32-30-,38-36-. The molecular weight excluding hydrogens is 913 g/mol. The first-order valence-corrected chi connectivity index (χ1v) is 31.9. The molecule has 1 unspecified atom stereocenters. The van der Waals surface area contributed by atoms with Crippen molar-refractivity contribution >= 4 is 17.9 Å². The molecule has 0 aromatic carbocycles. The van der Waals surface area contributed by atoms with E-state index in [0.29, 0.717) is 19.3 Å². The molecular formula is C68H120O6. The van der Waals surface area contributed by atoms with E-state index in [-0.39, 0.29) is 31.1 Å². The van der Waals surface area contributed by atoms with E-state index in [0.717, 1.165) is 96.3 Å². The summed E-state index contributed by atoms with van der Waals surface area (Å²) in [4.78, 5) is 38.2. The zero-order valence-electron chi connectivity index (χ0n) is 49.1. The fourth-order valence-corrected chi connectivity index (χ4v) is 9.17. The largest absolute Gasteiger partial charge is 0.462 e.